The zero-order chi connectivity index (χ0) is 20.4. The Labute approximate surface area is 168 Å². The highest BCUT2D eigenvalue weighted by atomic mass is 79.9. The van der Waals surface area contributed by atoms with E-state index in [2.05, 4.69) is 31.2 Å². The number of rotatable bonds is 5. The molecule has 3 aromatic rings. The normalized spacial score (nSPS) is 10.8. The Balaban J connectivity index is 2.08. The third kappa shape index (κ3) is 3.68. The summed E-state index contributed by atoms with van der Waals surface area (Å²) < 4.78 is 20.9. The number of imidazole rings is 1. The zero-order valence-electron chi connectivity index (χ0n) is 15.4. The highest BCUT2D eigenvalue weighted by Gasteiger charge is 2.22. The molecule has 0 radical (unpaired) electrons. The number of anilines is 2. The van der Waals surface area contributed by atoms with Crippen LogP contribution >= 0.6 is 15.9 Å². The Kier molecular flexibility index (Phi) is 5.59. The summed E-state index contributed by atoms with van der Waals surface area (Å²) in [6.07, 6.45) is 3.06. The summed E-state index contributed by atoms with van der Waals surface area (Å²) in [6.45, 7) is 3.44. The molecule has 3 rings (SSSR count). The van der Waals surface area contributed by atoms with Gasteiger partial charge >= 0.3 is 0 Å². The van der Waals surface area contributed by atoms with E-state index < -0.39 is 11.7 Å². The van der Waals surface area contributed by atoms with E-state index in [0.717, 1.165) is 0 Å². The van der Waals surface area contributed by atoms with E-state index in [0.29, 0.717) is 22.5 Å². The summed E-state index contributed by atoms with van der Waals surface area (Å²) in [7, 11) is 1.35. The fourth-order valence-corrected chi connectivity index (χ4v) is 3.08. The van der Waals surface area contributed by atoms with Gasteiger partial charge in [-0.15, -0.1) is 0 Å². The van der Waals surface area contributed by atoms with Crippen LogP contribution in [0.2, 0.25) is 0 Å². The van der Waals surface area contributed by atoms with Gasteiger partial charge in [-0.2, -0.15) is 0 Å². The molecule has 2 heterocycles. The van der Waals surface area contributed by atoms with Crippen molar-refractivity contribution in [1.82, 2.24) is 14.4 Å². The molecule has 146 valence electrons. The molecule has 0 spiro atoms. The van der Waals surface area contributed by atoms with Gasteiger partial charge < -0.3 is 15.0 Å². The number of carbonyl (C=O) groups excluding carboxylic acids is 2. The molecule has 0 aliphatic rings. The molecule has 0 saturated heterocycles. The number of fused-ring (bicyclic) bond motifs is 1. The number of hydrogen-bond donors (Lipinski definition) is 1. The van der Waals surface area contributed by atoms with Crippen LogP contribution in [-0.4, -0.2) is 39.8 Å². The van der Waals surface area contributed by atoms with Crippen molar-refractivity contribution in [1.29, 1.82) is 0 Å². The van der Waals surface area contributed by atoms with E-state index in [-0.39, 0.29) is 23.2 Å². The summed E-state index contributed by atoms with van der Waals surface area (Å²) in [4.78, 5) is 34.5. The minimum Gasteiger partial charge on any atom is -0.494 e. The molecule has 10 heteroatoms. The van der Waals surface area contributed by atoms with Crippen LogP contribution in [0.25, 0.3) is 5.65 Å². The average Bonchev–Trinajstić information content (AvgIpc) is 3.04. The molecule has 1 N–H and O–H groups in total. The highest BCUT2D eigenvalue weighted by molar-refractivity contribution is 9.10. The van der Waals surface area contributed by atoms with Crippen LogP contribution in [0.15, 0.2) is 35.2 Å². The number of benzene rings is 1. The van der Waals surface area contributed by atoms with Crippen molar-refractivity contribution >= 4 is 44.9 Å². The lowest BCUT2D eigenvalue weighted by atomic mass is 10.2. The highest BCUT2D eigenvalue weighted by Crippen LogP contribution is 2.26. The predicted octanol–water partition coefficient (Wildman–Crippen LogP) is 3.26. The van der Waals surface area contributed by atoms with E-state index in [1.165, 1.54) is 43.3 Å². The number of nitrogens with one attached hydrogen (secondary N) is 1. The van der Waals surface area contributed by atoms with E-state index in [1.54, 1.807) is 17.5 Å². The first-order chi connectivity index (χ1) is 13.3. The number of halogens is 2. The molecule has 0 atom stereocenters. The summed E-state index contributed by atoms with van der Waals surface area (Å²) in [5.74, 6) is -1.09. The molecule has 0 bridgehead atoms. The van der Waals surface area contributed by atoms with Gasteiger partial charge in [0.2, 0.25) is 5.91 Å². The van der Waals surface area contributed by atoms with Crippen molar-refractivity contribution in [2.45, 2.75) is 13.8 Å². The first-order valence-corrected chi connectivity index (χ1v) is 9.11. The van der Waals surface area contributed by atoms with Gasteiger partial charge in [-0.05, 0) is 35.0 Å². The van der Waals surface area contributed by atoms with Crippen molar-refractivity contribution in [3.05, 3.63) is 46.7 Å². The molecule has 8 nitrogen and oxygen atoms in total. The van der Waals surface area contributed by atoms with Gasteiger partial charge in [-0.25, -0.2) is 14.4 Å². The monoisotopic (exact) mass is 449 g/mol. The first-order valence-electron chi connectivity index (χ1n) is 8.32. The van der Waals surface area contributed by atoms with Crippen LogP contribution in [0, 0.1) is 5.82 Å². The van der Waals surface area contributed by atoms with Crippen LogP contribution in [-0.2, 0) is 4.79 Å². The molecule has 1 aromatic carbocycles. The molecule has 0 unspecified atom stereocenters. The smallest absolute Gasteiger partial charge is 0.278 e. The Hall–Kier alpha value is -3.01. The van der Waals surface area contributed by atoms with Crippen LogP contribution in [0.5, 0.6) is 5.75 Å². The van der Waals surface area contributed by atoms with Gasteiger partial charge in [0, 0.05) is 31.4 Å². The number of ether oxygens (including phenoxy) is 1. The van der Waals surface area contributed by atoms with Gasteiger partial charge in [0.15, 0.2) is 23.0 Å². The largest absolute Gasteiger partial charge is 0.494 e. The minimum absolute atomic E-state index is 0.0310. The molecule has 0 fully saturated rings. The lowest BCUT2D eigenvalue weighted by molar-refractivity contribution is -0.114. The Morgan fingerprint density at radius 2 is 2.14 bits per heavy atom. The second-order valence-corrected chi connectivity index (χ2v) is 6.61. The summed E-state index contributed by atoms with van der Waals surface area (Å²) in [5, 5.41) is 2.58. The number of hydrogen-bond acceptors (Lipinski definition) is 5. The second-order valence-electron chi connectivity index (χ2n) is 5.80. The Morgan fingerprint density at radius 3 is 2.79 bits per heavy atom. The van der Waals surface area contributed by atoms with Crippen molar-refractivity contribution < 1.29 is 18.7 Å². The third-order valence-corrected chi connectivity index (χ3v) is 4.56. The fourth-order valence-electron chi connectivity index (χ4n) is 2.71. The van der Waals surface area contributed by atoms with Crippen LogP contribution in [0.1, 0.15) is 24.3 Å². The zero-order valence-corrected chi connectivity index (χ0v) is 16.9. The van der Waals surface area contributed by atoms with E-state index >= 15 is 0 Å². The lowest BCUT2D eigenvalue weighted by Gasteiger charge is -2.21. The molecule has 0 aliphatic carbocycles. The predicted molar refractivity (Wildman–Crippen MR) is 105 cm³/mol. The second kappa shape index (κ2) is 7.93. The standard InChI is InChI=1S/C18H17BrFN5O3/c1-4-24(11-5-6-12(20)14(7-11)28-3)18(27)13-9-25-15(19)8-21-17(25)16(23-13)22-10(2)26/h5-9H,4H2,1-3H3,(H,22,23,26). The van der Waals surface area contributed by atoms with Crippen molar-refractivity contribution in [3.8, 4) is 5.75 Å². The number of carbonyl (C=O) groups is 2. The summed E-state index contributed by atoms with van der Waals surface area (Å²) >= 11 is 3.35. The molecular weight excluding hydrogens is 433 g/mol. The molecule has 0 saturated carbocycles. The fraction of sp³-hybridized carbons (Fsp3) is 0.222. The summed E-state index contributed by atoms with van der Waals surface area (Å²) in [5.41, 5.74) is 0.934. The minimum atomic E-state index is -0.524. The maximum atomic E-state index is 13.7. The quantitative estimate of drug-likeness (QED) is 0.645. The van der Waals surface area contributed by atoms with E-state index in [4.69, 9.17) is 4.74 Å². The number of amides is 2. The molecular formula is C18H17BrFN5O3. The summed E-state index contributed by atoms with van der Waals surface area (Å²) in [6, 6.07) is 4.16. The topological polar surface area (TPSA) is 88.8 Å². The van der Waals surface area contributed by atoms with Gasteiger partial charge in [-0.1, -0.05) is 0 Å². The SMILES string of the molecule is CCN(C(=O)c1cn2c(Br)cnc2c(NC(C)=O)n1)c1ccc(F)c(OC)c1. The van der Waals surface area contributed by atoms with E-state index in [9.17, 15) is 14.0 Å². The van der Waals surface area contributed by atoms with Gasteiger partial charge in [0.25, 0.3) is 5.91 Å². The number of aromatic nitrogens is 3. The van der Waals surface area contributed by atoms with Crippen LogP contribution in [0.4, 0.5) is 15.9 Å². The molecule has 2 amide bonds. The Morgan fingerprint density at radius 1 is 1.39 bits per heavy atom. The Bertz CT molecular complexity index is 1070. The maximum Gasteiger partial charge on any atom is 0.278 e. The average molecular weight is 450 g/mol. The van der Waals surface area contributed by atoms with Gasteiger partial charge in [-0.3, -0.25) is 14.0 Å². The molecule has 0 aliphatic heterocycles. The van der Waals surface area contributed by atoms with Crippen molar-refractivity contribution in [2.75, 3.05) is 23.9 Å². The van der Waals surface area contributed by atoms with Crippen LogP contribution in [0.3, 0.4) is 0 Å². The van der Waals surface area contributed by atoms with Crippen molar-refractivity contribution in [2.24, 2.45) is 0 Å². The van der Waals surface area contributed by atoms with Crippen molar-refractivity contribution in [3.63, 3.8) is 0 Å². The van der Waals surface area contributed by atoms with Gasteiger partial charge in [0.05, 0.1) is 13.3 Å². The van der Waals surface area contributed by atoms with Gasteiger partial charge in [0.1, 0.15) is 10.3 Å². The molecule has 2 aromatic heterocycles. The number of methoxy groups -OCH3 is 1. The first kappa shape index (κ1) is 19.7. The maximum absolute atomic E-state index is 13.7. The lowest BCUT2D eigenvalue weighted by Crippen LogP contribution is -2.32. The number of nitrogens with zero attached hydrogens (tertiary/aromatic N) is 4. The van der Waals surface area contributed by atoms with Crippen LogP contribution < -0.4 is 15.0 Å². The third-order valence-electron chi connectivity index (χ3n) is 3.97. The molecule has 28 heavy (non-hydrogen) atoms. The van der Waals surface area contributed by atoms with E-state index in [1.807, 2.05) is 0 Å².